The number of nitrogens with one attached hydrogen (secondary N) is 2. The summed E-state index contributed by atoms with van der Waals surface area (Å²) >= 11 is 0. The Morgan fingerprint density at radius 1 is 1.06 bits per heavy atom. The highest BCUT2D eigenvalue weighted by molar-refractivity contribution is 5.82. The highest BCUT2D eigenvalue weighted by atomic mass is 16.5. The lowest BCUT2D eigenvalue weighted by molar-refractivity contribution is -0.176. The van der Waals surface area contributed by atoms with Gasteiger partial charge in [0.05, 0.1) is 25.7 Å². The van der Waals surface area contributed by atoms with Gasteiger partial charge in [-0.25, -0.2) is 0 Å². The fourth-order valence-electron chi connectivity index (χ4n) is 5.50. The number of carbonyl (C=O) groups is 1. The molecule has 2 aromatic rings. The van der Waals surface area contributed by atoms with E-state index in [0.717, 1.165) is 37.3 Å². The molecular weight excluding hydrogens is 430 g/mol. The van der Waals surface area contributed by atoms with Gasteiger partial charge < -0.3 is 19.5 Å². The number of rotatable bonds is 7. The summed E-state index contributed by atoms with van der Waals surface area (Å²) in [6.07, 6.45) is 6.31. The van der Waals surface area contributed by atoms with Gasteiger partial charge in [-0.1, -0.05) is 36.4 Å². The number of fused-ring (bicyclic) bond motifs is 3. The molecule has 7 nitrogen and oxygen atoms in total. The lowest BCUT2D eigenvalue weighted by Gasteiger charge is -2.53. The number of anilines is 1. The summed E-state index contributed by atoms with van der Waals surface area (Å²) < 4.78 is 17.0. The number of esters is 1. The second-order valence-corrected chi connectivity index (χ2v) is 10.2. The predicted octanol–water partition coefficient (Wildman–Crippen LogP) is 4.54. The van der Waals surface area contributed by atoms with Gasteiger partial charge in [-0.2, -0.15) is 0 Å². The average molecular weight is 462 g/mol. The quantitative estimate of drug-likeness (QED) is 0.590. The highest BCUT2D eigenvalue weighted by Crippen LogP contribution is 2.51. The molecule has 2 N–H and O–H groups in total. The Morgan fingerprint density at radius 3 is 2.32 bits per heavy atom. The molecule has 178 valence electrons. The van der Waals surface area contributed by atoms with E-state index < -0.39 is 0 Å². The van der Waals surface area contributed by atoms with Gasteiger partial charge in [-0.3, -0.25) is 10.2 Å². The fraction of sp³-hybridized carbons (Fsp3) is 0.481. The first-order valence-electron chi connectivity index (χ1n) is 12.2. The molecule has 0 radical (unpaired) electrons. The Hall–Kier alpha value is -3.06. The topological polar surface area (TPSA) is 81.2 Å². The lowest BCUT2D eigenvalue weighted by Crippen LogP contribution is -2.54. The third-order valence-electron chi connectivity index (χ3n) is 7.94. The summed E-state index contributed by atoms with van der Waals surface area (Å²) in [6, 6.07) is 17.3. The normalized spacial score (nSPS) is 29.7. The van der Waals surface area contributed by atoms with Gasteiger partial charge in [0.2, 0.25) is 5.90 Å². The summed E-state index contributed by atoms with van der Waals surface area (Å²) in [6.45, 7) is 0.674. The summed E-state index contributed by atoms with van der Waals surface area (Å²) in [7, 11) is 1.45. The van der Waals surface area contributed by atoms with E-state index in [1.165, 1.54) is 36.6 Å². The van der Waals surface area contributed by atoms with Gasteiger partial charge in [0.15, 0.2) is 0 Å². The highest BCUT2D eigenvalue weighted by Gasteiger charge is 2.51. The monoisotopic (exact) mass is 461 g/mol. The zero-order valence-electron chi connectivity index (χ0n) is 19.5. The molecule has 3 aliphatic heterocycles. The molecule has 5 aliphatic rings. The molecule has 1 unspecified atom stereocenters. The maximum atomic E-state index is 11.8. The minimum absolute atomic E-state index is 0.0554. The van der Waals surface area contributed by atoms with Gasteiger partial charge in [-0.15, -0.1) is 5.10 Å². The molecule has 34 heavy (non-hydrogen) atoms. The largest absolute Gasteiger partial charge is 0.469 e. The Balaban J connectivity index is 1.08. The smallest absolute Gasteiger partial charge is 0.308 e. The standard InChI is InChI=1S/C27H31N3O4/c1-32-23(31)16-27-14-12-26(13-15-27,17-33-27)21-8-4-18(5-9-21)19-6-10-22(11-7-19)28-25-30-29-24(34-25)20-2-3-20/h4-11,20,25,28,30H,2-3,12-17H2,1H3. The first-order valence-corrected chi connectivity index (χ1v) is 12.2. The van der Waals surface area contributed by atoms with Gasteiger partial charge in [-0.05, 0) is 67.3 Å². The Bertz CT molecular complexity index is 1070. The molecule has 2 saturated carbocycles. The second kappa shape index (κ2) is 8.31. The van der Waals surface area contributed by atoms with Crippen molar-refractivity contribution in [1.29, 1.82) is 0 Å². The summed E-state index contributed by atoms with van der Waals surface area (Å²) in [5, 5.41) is 7.60. The summed E-state index contributed by atoms with van der Waals surface area (Å²) in [4.78, 5) is 11.8. The average Bonchev–Trinajstić information content (AvgIpc) is 3.64. The number of methoxy groups -OCH3 is 1. The number of ether oxygens (including phenoxy) is 3. The minimum atomic E-state index is -0.324. The van der Waals surface area contributed by atoms with Crippen molar-refractivity contribution in [3.05, 3.63) is 54.1 Å². The molecule has 7 rings (SSSR count). The van der Waals surface area contributed by atoms with Gasteiger partial charge in [0.1, 0.15) is 0 Å². The maximum absolute atomic E-state index is 11.8. The molecule has 0 spiro atoms. The number of carbonyl (C=O) groups excluding carboxylic acids is 1. The van der Waals surface area contributed by atoms with Gasteiger partial charge >= 0.3 is 5.97 Å². The molecule has 2 saturated heterocycles. The van der Waals surface area contributed by atoms with E-state index in [1.54, 1.807) is 0 Å². The Kier molecular flexibility index (Phi) is 5.25. The molecule has 7 heteroatoms. The second-order valence-electron chi connectivity index (χ2n) is 10.2. The van der Waals surface area contributed by atoms with Crippen molar-refractivity contribution >= 4 is 17.6 Å². The van der Waals surface area contributed by atoms with Crippen molar-refractivity contribution in [3.63, 3.8) is 0 Å². The van der Waals surface area contributed by atoms with Crippen LogP contribution in [0.5, 0.6) is 0 Å². The Labute approximate surface area is 199 Å². The van der Waals surface area contributed by atoms with Crippen LogP contribution in [0.15, 0.2) is 53.6 Å². The molecule has 1 atom stereocenters. The predicted molar refractivity (Wildman–Crippen MR) is 129 cm³/mol. The molecular formula is C27H31N3O4. The van der Waals surface area contributed by atoms with Crippen molar-refractivity contribution in [2.45, 2.75) is 62.3 Å². The van der Waals surface area contributed by atoms with Crippen LogP contribution in [0.25, 0.3) is 11.1 Å². The molecule has 2 aliphatic carbocycles. The van der Waals surface area contributed by atoms with Crippen molar-refractivity contribution in [2.24, 2.45) is 11.0 Å². The molecule has 3 heterocycles. The van der Waals surface area contributed by atoms with E-state index in [1.807, 2.05) is 0 Å². The number of hydrazone groups is 1. The van der Waals surface area contributed by atoms with E-state index >= 15 is 0 Å². The van der Waals surface area contributed by atoms with Crippen LogP contribution in [0.1, 0.15) is 50.5 Å². The first kappa shape index (κ1) is 21.5. The van der Waals surface area contributed by atoms with Crippen molar-refractivity contribution in [1.82, 2.24) is 5.43 Å². The SMILES string of the molecule is COC(=O)CC12CCC(c3ccc(-c4ccc(NC5NN=C(C6CC6)O5)cc4)cc3)(CC1)CO2. The van der Waals surface area contributed by atoms with Crippen LogP contribution in [0.3, 0.4) is 0 Å². The van der Waals surface area contributed by atoms with Crippen LogP contribution >= 0.6 is 0 Å². The van der Waals surface area contributed by atoms with Crippen LogP contribution in [0.4, 0.5) is 5.69 Å². The number of nitrogens with zero attached hydrogens (tertiary/aromatic N) is 1. The summed E-state index contributed by atoms with van der Waals surface area (Å²) in [5.74, 6) is 1.15. The maximum Gasteiger partial charge on any atom is 0.308 e. The number of hydrogen-bond acceptors (Lipinski definition) is 7. The van der Waals surface area contributed by atoms with Crippen LogP contribution in [-0.2, 0) is 24.4 Å². The zero-order valence-corrected chi connectivity index (χ0v) is 19.5. The fourth-order valence-corrected chi connectivity index (χ4v) is 5.50. The van der Waals surface area contributed by atoms with E-state index in [2.05, 4.69) is 64.4 Å². The van der Waals surface area contributed by atoms with Crippen LogP contribution in [0, 0.1) is 5.92 Å². The zero-order chi connectivity index (χ0) is 23.2. The number of benzene rings is 2. The van der Waals surface area contributed by atoms with Gasteiger partial charge in [0, 0.05) is 17.0 Å². The lowest BCUT2D eigenvalue weighted by atomic mass is 9.62. The number of hydrogen-bond donors (Lipinski definition) is 2. The van der Waals surface area contributed by atoms with Crippen LogP contribution in [-0.4, -0.2) is 37.5 Å². The minimum Gasteiger partial charge on any atom is -0.469 e. The first-order chi connectivity index (χ1) is 16.6. The van der Waals surface area contributed by atoms with Gasteiger partial charge in [0.25, 0.3) is 6.35 Å². The molecule has 0 aromatic heterocycles. The van der Waals surface area contributed by atoms with Crippen molar-refractivity contribution in [3.8, 4) is 11.1 Å². The van der Waals surface area contributed by atoms with E-state index in [-0.39, 0.29) is 23.3 Å². The van der Waals surface area contributed by atoms with Crippen LogP contribution in [0.2, 0.25) is 0 Å². The van der Waals surface area contributed by atoms with E-state index in [0.29, 0.717) is 18.9 Å². The third-order valence-corrected chi connectivity index (χ3v) is 7.94. The van der Waals surface area contributed by atoms with Crippen LogP contribution < -0.4 is 10.7 Å². The van der Waals surface area contributed by atoms with E-state index in [4.69, 9.17) is 14.2 Å². The molecule has 2 aromatic carbocycles. The van der Waals surface area contributed by atoms with E-state index in [9.17, 15) is 4.79 Å². The molecule has 0 amide bonds. The van der Waals surface area contributed by atoms with Crippen molar-refractivity contribution < 1.29 is 19.0 Å². The Morgan fingerprint density at radius 2 is 1.74 bits per heavy atom. The molecule has 2 bridgehead atoms. The molecule has 4 fully saturated rings. The third kappa shape index (κ3) is 4.02. The summed E-state index contributed by atoms with van der Waals surface area (Å²) in [5.41, 5.74) is 7.42. The van der Waals surface area contributed by atoms with Crippen molar-refractivity contribution in [2.75, 3.05) is 19.0 Å².